The molecule has 3 aromatic rings. The van der Waals surface area contributed by atoms with E-state index in [1.807, 2.05) is 6.07 Å². The smallest absolute Gasteiger partial charge is 0.252 e. The Morgan fingerprint density at radius 1 is 1.14 bits per heavy atom. The van der Waals surface area contributed by atoms with Gasteiger partial charge < -0.3 is 5.32 Å². The van der Waals surface area contributed by atoms with E-state index in [9.17, 15) is 37.2 Å². The van der Waals surface area contributed by atoms with E-state index in [2.05, 4.69) is 10.3 Å². The van der Waals surface area contributed by atoms with E-state index < -0.39 is 66.8 Å². The second-order valence-electron chi connectivity index (χ2n) is 10.5. The van der Waals surface area contributed by atoms with Crippen molar-refractivity contribution in [2.75, 3.05) is 9.80 Å². The van der Waals surface area contributed by atoms with E-state index >= 15 is 0 Å². The standard InChI is InChI=1S/C30H24ClF4N5O3/c31-24-4-2-1-3-23(24)28(29(43)38-20-14-30(34,35)15-20)40(22-11-18(32)10-19(33)12-22)27(42)13-21-5-6-26(41)39(21)25-9-17(16-36)7-8-37-25/h1-4,7-12,20-21,28H,5-6,13-15H2,(H,38,43)/t21-,28-/m0/s1. The highest BCUT2D eigenvalue weighted by atomic mass is 35.5. The number of carbonyl (C=O) groups excluding carboxylic acids is 3. The SMILES string of the molecule is N#Cc1ccnc(N2C(=O)CC[C@H]2CC(=O)N(c2cc(F)cc(F)c2)[C@H](C(=O)NC2CC(F)(F)C2)c2ccccc2Cl)c1. The Morgan fingerprint density at radius 2 is 1.84 bits per heavy atom. The number of pyridine rings is 1. The molecule has 2 atom stereocenters. The molecular weight excluding hydrogens is 590 g/mol. The van der Waals surface area contributed by atoms with Gasteiger partial charge in [0, 0.05) is 60.6 Å². The van der Waals surface area contributed by atoms with Crippen molar-refractivity contribution in [3.8, 4) is 6.07 Å². The number of aromatic nitrogens is 1. The molecule has 3 amide bonds. The van der Waals surface area contributed by atoms with Crippen molar-refractivity contribution in [3.63, 3.8) is 0 Å². The average Bonchev–Trinajstić information content (AvgIpc) is 3.29. The molecular formula is C30H24ClF4N5O3. The third-order valence-electron chi connectivity index (χ3n) is 7.39. The quantitative estimate of drug-likeness (QED) is 0.340. The van der Waals surface area contributed by atoms with E-state index in [4.69, 9.17) is 11.6 Å². The number of amides is 3. The van der Waals surface area contributed by atoms with E-state index in [1.54, 1.807) is 12.1 Å². The van der Waals surface area contributed by atoms with Crippen molar-refractivity contribution in [2.45, 2.75) is 56.2 Å². The van der Waals surface area contributed by atoms with Crippen LogP contribution in [0.4, 0.5) is 29.1 Å². The second-order valence-corrected chi connectivity index (χ2v) is 10.9. The maximum absolute atomic E-state index is 14.5. The van der Waals surface area contributed by atoms with Crippen LogP contribution in [0.15, 0.2) is 60.8 Å². The summed E-state index contributed by atoms with van der Waals surface area (Å²) in [5, 5.41) is 11.9. The molecule has 1 N–H and O–H groups in total. The molecule has 8 nitrogen and oxygen atoms in total. The predicted molar refractivity (Wildman–Crippen MR) is 148 cm³/mol. The number of anilines is 2. The molecule has 0 bridgehead atoms. The average molecular weight is 614 g/mol. The van der Waals surface area contributed by atoms with Gasteiger partial charge in [-0.15, -0.1) is 0 Å². The number of rotatable bonds is 8. The maximum atomic E-state index is 14.5. The highest BCUT2D eigenvalue weighted by molar-refractivity contribution is 6.31. The third kappa shape index (κ3) is 6.46. The van der Waals surface area contributed by atoms with Gasteiger partial charge in [-0.2, -0.15) is 5.26 Å². The molecule has 1 saturated carbocycles. The van der Waals surface area contributed by atoms with Gasteiger partial charge in [0.15, 0.2) is 0 Å². The van der Waals surface area contributed by atoms with E-state index in [0.29, 0.717) is 6.07 Å². The van der Waals surface area contributed by atoms with Crippen molar-refractivity contribution in [1.82, 2.24) is 10.3 Å². The first-order chi connectivity index (χ1) is 20.5. The highest BCUT2D eigenvalue weighted by Crippen LogP contribution is 2.39. The largest absolute Gasteiger partial charge is 0.351 e. The van der Waals surface area contributed by atoms with Crippen molar-refractivity contribution in [3.05, 3.63) is 88.6 Å². The fraction of sp³-hybridized carbons (Fsp3) is 0.300. The lowest BCUT2D eigenvalue weighted by molar-refractivity contribution is -0.133. The van der Waals surface area contributed by atoms with Crippen LogP contribution < -0.4 is 15.1 Å². The normalized spacial score (nSPS) is 18.5. The zero-order valence-electron chi connectivity index (χ0n) is 22.4. The monoisotopic (exact) mass is 613 g/mol. The van der Waals surface area contributed by atoms with Crippen molar-refractivity contribution >= 4 is 40.8 Å². The minimum absolute atomic E-state index is 0.0476. The number of hydrogen-bond acceptors (Lipinski definition) is 5. The fourth-order valence-electron chi connectivity index (χ4n) is 5.42. The third-order valence-corrected chi connectivity index (χ3v) is 7.74. The summed E-state index contributed by atoms with van der Waals surface area (Å²) in [4.78, 5) is 47.1. The number of nitriles is 1. The van der Waals surface area contributed by atoms with Crippen LogP contribution in [-0.2, 0) is 14.4 Å². The van der Waals surface area contributed by atoms with Crippen LogP contribution in [0.3, 0.4) is 0 Å². The molecule has 1 aliphatic heterocycles. The van der Waals surface area contributed by atoms with E-state index in [-0.39, 0.29) is 46.4 Å². The molecule has 5 rings (SSSR count). The number of nitrogens with one attached hydrogen (secondary N) is 1. The van der Waals surface area contributed by atoms with Gasteiger partial charge >= 0.3 is 0 Å². The van der Waals surface area contributed by atoms with Crippen LogP contribution in [-0.4, -0.2) is 40.7 Å². The molecule has 0 radical (unpaired) electrons. The second kappa shape index (κ2) is 12.0. The fourth-order valence-corrected chi connectivity index (χ4v) is 5.66. The molecule has 2 aliphatic rings. The first-order valence-electron chi connectivity index (χ1n) is 13.3. The highest BCUT2D eigenvalue weighted by Gasteiger charge is 2.47. The number of benzene rings is 2. The maximum Gasteiger partial charge on any atom is 0.252 e. The van der Waals surface area contributed by atoms with Gasteiger partial charge in [0.1, 0.15) is 23.5 Å². The Hall–Kier alpha value is -4.50. The van der Waals surface area contributed by atoms with Gasteiger partial charge in [-0.05, 0) is 36.8 Å². The topological polar surface area (TPSA) is 106 Å². The molecule has 222 valence electrons. The van der Waals surface area contributed by atoms with Gasteiger partial charge in [0.25, 0.3) is 5.92 Å². The minimum Gasteiger partial charge on any atom is -0.351 e. The zero-order valence-corrected chi connectivity index (χ0v) is 23.2. The Balaban J connectivity index is 1.55. The Morgan fingerprint density at radius 3 is 2.49 bits per heavy atom. The molecule has 43 heavy (non-hydrogen) atoms. The van der Waals surface area contributed by atoms with Crippen molar-refractivity contribution in [2.24, 2.45) is 0 Å². The van der Waals surface area contributed by atoms with Crippen LogP contribution >= 0.6 is 11.6 Å². The number of alkyl halides is 2. The lowest BCUT2D eigenvalue weighted by Crippen LogP contribution is -2.54. The first-order valence-corrected chi connectivity index (χ1v) is 13.7. The Kier molecular flexibility index (Phi) is 8.37. The summed E-state index contributed by atoms with van der Waals surface area (Å²) >= 11 is 6.44. The van der Waals surface area contributed by atoms with Gasteiger partial charge in [-0.25, -0.2) is 22.5 Å². The number of carbonyl (C=O) groups is 3. The van der Waals surface area contributed by atoms with Crippen molar-refractivity contribution in [1.29, 1.82) is 5.26 Å². The van der Waals surface area contributed by atoms with E-state index in [0.717, 1.165) is 17.0 Å². The molecule has 2 fully saturated rings. The summed E-state index contributed by atoms with van der Waals surface area (Å²) in [7, 11) is 0. The molecule has 13 heteroatoms. The zero-order chi connectivity index (χ0) is 30.9. The lowest BCUT2D eigenvalue weighted by Gasteiger charge is -2.38. The predicted octanol–water partition coefficient (Wildman–Crippen LogP) is 5.46. The van der Waals surface area contributed by atoms with Crippen LogP contribution in [0.2, 0.25) is 5.02 Å². The summed E-state index contributed by atoms with van der Waals surface area (Å²) in [6.45, 7) is 0. The van der Waals surface area contributed by atoms with Crippen LogP contribution in [0, 0.1) is 23.0 Å². The van der Waals surface area contributed by atoms with Gasteiger partial charge in [-0.3, -0.25) is 24.2 Å². The molecule has 0 unspecified atom stereocenters. The van der Waals surface area contributed by atoms with Gasteiger partial charge in [0.05, 0.1) is 17.3 Å². The van der Waals surface area contributed by atoms with Crippen molar-refractivity contribution < 1.29 is 31.9 Å². The summed E-state index contributed by atoms with van der Waals surface area (Å²) in [5.41, 5.74) is 0.0131. The summed E-state index contributed by atoms with van der Waals surface area (Å²) < 4.78 is 56.1. The molecule has 2 aromatic carbocycles. The molecule has 1 aromatic heterocycles. The van der Waals surface area contributed by atoms with Gasteiger partial charge in [0.2, 0.25) is 17.7 Å². The Bertz CT molecular complexity index is 1600. The molecule has 2 heterocycles. The summed E-state index contributed by atoms with van der Waals surface area (Å²) in [6.07, 6.45) is 0.0126. The van der Waals surface area contributed by atoms with Crippen LogP contribution in [0.1, 0.15) is 49.3 Å². The molecule has 1 aliphatic carbocycles. The number of halogens is 5. The first kappa shape index (κ1) is 30.0. The van der Waals surface area contributed by atoms with Gasteiger partial charge in [-0.1, -0.05) is 29.8 Å². The van der Waals surface area contributed by atoms with Crippen LogP contribution in [0.5, 0.6) is 0 Å². The molecule has 0 spiro atoms. The lowest BCUT2D eigenvalue weighted by atomic mass is 9.87. The van der Waals surface area contributed by atoms with Crippen LogP contribution in [0.25, 0.3) is 0 Å². The summed E-state index contributed by atoms with van der Waals surface area (Å²) in [6, 6.07) is 9.88. The Labute approximate surface area is 248 Å². The summed E-state index contributed by atoms with van der Waals surface area (Å²) in [5.74, 6) is -6.89. The minimum atomic E-state index is -2.95. The number of nitrogens with zero attached hydrogens (tertiary/aromatic N) is 4. The van der Waals surface area contributed by atoms with E-state index in [1.165, 1.54) is 35.4 Å². The number of hydrogen-bond donors (Lipinski definition) is 1. The molecule has 1 saturated heterocycles.